The topological polar surface area (TPSA) is 66.8 Å². The van der Waals surface area contributed by atoms with E-state index in [0.29, 0.717) is 5.56 Å². The number of hydrogen-bond donors (Lipinski definition) is 1. The molecule has 0 fully saturated rings. The highest BCUT2D eigenvalue weighted by atomic mass is 16.6. The average Bonchev–Trinajstić information content (AvgIpc) is 2.59. The van der Waals surface area contributed by atoms with Crippen LogP contribution in [0.1, 0.15) is 35.2 Å². The Bertz CT molecular complexity index is 722. The number of amides is 1. The standard InChI is InChI=1S/C20H23NO4/c1-4-21(20(24)25-13-16-11-6-5-7-12-16)18(19(22)23)17-14(2)9-8-10-15(17)3/h5-12,18H,4,13H2,1-3H3,(H,22,23). The van der Waals surface area contributed by atoms with Crippen LogP contribution in [0.2, 0.25) is 0 Å². The molecule has 0 saturated heterocycles. The number of carbonyl (C=O) groups is 2. The molecule has 2 aromatic carbocycles. The van der Waals surface area contributed by atoms with Crippen molar-refractivity contribution in [3.8, 4) is 0 Å². The van der Waals surface area contributed by atoms with Gasteiger partial charge in [0.05, 0.1) is 0 Å². The SMILES string of the molecule is CCN(C(=O)OCc1ccccc1)C(C(=O)O)c1c(C)cccc1C. The van der Waals surface area contributed by atoms with Crippen LogP contribution in [0.3, 0.4) is 0 Å². The van der Waals surface area contributed by atoms with Gasteiger partial charge < -0.3 is 9.84 Å². The Hall–Kier alpha value is -2.82. The number of hydrogen-bond acceptors (Lipinski definition) is 3. The molecule has 0 aliphatic carbocycles. The van der Waals surface area contributed by atoms with Crippen LogP contribution in [0.25, 0.3) is 0 Å². The third-order valence-corrected chi connectivity index (χ3v) is 4.14. The molecule has 25 heavy (non-hydrogen) atoms. The van der Waals surface area contributed by atoms with Gasteiger partial charge in [-0.3, -0.25) is 4.90 Å². The maximum atomic E-state index is 12.5. The lowest BCUT2D eigenvalue weighted by Crippen LogP contribution is -2.39. The first kappa shape index (κ1) is 18.5. The van der Waals surface area contributed by atoms with Gasteiger partial charge in [-0.2, -0.15) is 0 Å². The first-order chi connectivity index (χ1) is 12.0. The lowest BCUT2D eigenvalue weighted by molar-refractivity contribution is -0.143. The molecule has 0 radical (unpaired) electrons. The van der Waals surface area contributed by atoms with Crippen molar-refractivity contribution >= 4 is 12.1 Å². The second-order valence-electron chi connectivity index (χ2n) is 5.87. The minimum atomic E-state index is -1.07. The van der Waals surface area contributed by atoms with Gasteiger partial charge in [-0.15, -0.1) is 0 Å². The van der Waals surface area contributed by atoms with Gasteiger partial charge in [-0.05, 0) is 43.0 Å². The summed E-state index contributed by atoms with van der Waals surface area (Å²) in [6.07, 6.45) is -0.638. The Kier molecular flexibility index (Phi) is 6.17. The van der Waals surface area contributed by atoms with E-state index in [9.17, 15) is 14.7 Å². The number of carboxylic acid groups (broad SMARTS) is 1. The van der Waals surface area contributed by atoms with E-state index in [4.69, 9.17) is 4.74 Å². The minimum absolute atomic E-state index is 0.106. The molecule has 5 heteroatoms. The summed E-state index contributed by atoms with van der Waals surface area (Å²) in [7, 11) is 0. The number of benzene rings is 2. The second-order valence-corrected chi connectivity index (χ2v) is 5.87. The number of aliphatic carboxylic acids is 1. The van der Waals surface area contributed by atoms with Crippen molar-refractivity contribution in [3.05, 3.63) is 70.8 Å². The number of nitrogens with zero attached hydrogens (tertiary/aromatic N) is 1. The summed E-state index contributed by atoms with van der Waals surface area (Å²) in [5, 5.41) is 9.76. The molecule has 0 aromatic heterocycles. The lowest BCUT2D eigenvalue weighted by Gasteiger charge is -2.29. The molecular weight excluding hydrogens is 318 g/mol. The van der Waals surface area contributed by atoms with Crippen molar-refractivity contribution in [2.24, 2.45) is 0 Å². The van der Waals surface area contributed by atoms with E-state index in [-0.39, 0.29) is 13.2 Å². The molecule has 0 bridgehead atoms. The normalized spacial score (nSPS) is 11.6. The molecule has 0 spiro atoms. The fourth-order valence-electron chi connectivity index (χ4n) is 2.89. The van der Waals surface area contributed by atoms with Crippen LogP contribution >= 0.6 is 0 Å². The maximum Gasteiger partial charge on any atom is 0.411 e. The molecule has 2 rings (SSSR count). The van der Waals surface area contributed by atoms with Crippen LogP contribution in [0, 0.1) is 13.8 Å². The highest BCUT2D eigenvalue weighted by molar-refractivity contribution is 5.82. The quantitative estimate of drug-likeness (QED) is 0.859. The molecular formula is C20H23NO4. The van der Waals surface area contributed by atoms with E-state index in [1.165, 1.54) is 4.90 Å². The van der Waals surface area contributed by atoms with E-state index in [1.807, 2.05) is 62.4 Å². The molecule has 1 unspecified atom stereocenters. The van der Waals surface area contributed by atoms with Gasteiger partial charge in [-0.25, -0.2) is 9.59 Å². The summed E-state index contributed by atoms with van der Waals surface area (Å²) >= 11 is 0. The van der Waals surface area contributed by atoms with Gasteiger partial charge in [0.2, 0.25) is 0 Å². The van der Waals surface area contributed by atoms with Crippen LogP contribution in [-0.2, 0) is 16.1 Å². The maximum absolute atomic E-state index is 12.5. The Labute approximate surface area is 147 Å². The average molecular weight is 341 g/mol. The predicted molar refractivity (Wildman–Crippen MR) is 95.3 cm³/mol. The van der Waals surface area contributed by atoms with Gasteiger partial charge in [-0.1, -0.05) is 48.5 Å². The summed E-state index contributed by atoms with van der Waals surface area (Å²) in [6.45, 7) is 5.78. The summed E-state index contributed by atoms with van der Waals surface area (Å²) < 4.78 is 5.34. The zero-order chi connectivity index (χ0) is 18.4. The number of carboxylic acids is 1. The number of carbonyl (C=O) groups excluding carboxylic acids is 1. The van der Waals surface area contributed by atoms with Crippen molar-refractivity contribution in [2.75, 3.05) is 6.54 Å². The monoisotopic (exact) mass is 341 g/mol. The van der Waals surface area contributed by atoms with E-state index in [0.717, 1.165) is 16.7 Å². The smallest absolute Gasteiger partial charge is 0.411 e. The van der Waals surface area contributed by atoms with Gasteiger partial charge in [0.15, 0.2) is 6.04 Å². The van der Waals surface area contributed by atoms with Crippen molar-refractivity contribution in [2.45, 2.75) is 33.4 Å². The van der Waals surface area contributed by atoms with Gasteiger partial charge >= 0.3 is 12.1 Å². The van der Waals surface area contributed by atoms with E-state index in [1.54, 1.807) is 6.92 Å². The zero-order valence-corrected chi connectivity index (χ0v) is 14.7. The third-order valence-electron chi connectivity index (χ3n) is 4.14. The van der Waals surface area contributed by atoms with Crippen molar-refractivity contribution in [1.82, 2.24) is 4.90 Å². The first-order valence-electron chi connectivity index (χ1n) is 8.22. The van der Waals surface area contributed by atoms with E-state index < -0.39 is 18.1 Å². The molecule has 2 aromatic rings. The summed E-state index contributed by atoms with van der Waals surface area (Å²) in [5.41, 5.74) is 3.16. The number of ether oxygens (including phenoxy) is 1. The first-order valence-corrected chi connectivity index (χ1v) is 8.22. The molecule has 5 nitrogen and oxygen atoms in total. The minimum Gasteiger partial charge on any atom is -0.479 e. The van der Waals surface area contributed by atoms with Crippen LogP contribution in [0.4, 0.5) is 4.79 Å². The second kappa shape index (κ2) is 8.33. The molecule has 1 N–H and O–H groups in total. The van der Waals surface area contributed by atoms with Crippen molar-refractivity contribution < 1.29 is 19.4 Å². The summed E-state index contributed by atoms with van der Waals surface area (Å²) in [4.78, 5) is 25.7. The Morgan fingerprint density at radius 2 is 1.64 bits per heavy atom. The fourth-order valence-corrected chi connectivity index (χ4v) is 2.89. The molecule has 132 valence electrons. The predicted octanol–water partition coefficient (Wildman–Crippen LogP) is 4.09. The molecule has 0 heterocycles. The molecule has 1 amide bonds. The Morgan fingerprint density at radius 3 is 2.16 bits per heavy atom. The van der Waals surface area contributed by atoms with Crippen LogP contribution in [-0.4, -0.2) is 28.6 Å². The molecule has 1 atom stereocenters. The lowest BCUT2D eigenvalue weighted by atomic mass is 9.95. The van der Waals surface area contributed by atoms with E-state index >= 15 is 0 Å². The van der Waals surface area contributed by atoms with E-state index in [2.05, 4.69) is 0 Å². The number of likely N-dealkylation sites (N-methyl/N-ethyl adjacent to an activating group) is 1. The van der Waals surface area contributed by atoms with Crippen molar-refractivity contribution in [1.29, 1.82) is 0 Å². The molecule has 0 saturated carbocycles. The van der Waals surface area contributed by atoms with Gasteiger partial charge in [0, 0.05) is 6.54 Å². The Balaban J connectivity index is 2.25. The zero-order valence-electron chi connectivity index (χ0n) is 14.7. The fraction of sp³-hybridized carbons (Fsp3) is 0.300. The molecule has 0 aliphatic heterocycles. The summed E-state index contributed by atoms with van der Waals surface area (Å²) in [6, 6.07) is 13.8. The van der Waals surface area contributed by atoms with Crippen LogP contribution < -0.4 is 0 Å². The van der Waals surface area contributed by atoms with Crippen molar-refractivity contribution in [3.63, 3.8) is 0 Å². The van der Waals surface area contributed by atoms with Crippen LogP contribution in [0.15, 0.2) is 48.5 Å². The largest absolute Gasteiger partial charge is 0.479 e. The Morgan fingerprint density at radius 1 is 1.04 bits per heavy atom. The highest BCUT2D eigenvalue weighted by Gasteiger charge is 2.33. The third kappa shape index (κ3) is 4.38. The summed E-state index contributed by atoms with van der Waals surface area (Å²) in [5.74, 6) is -1.07. The molecule has 0 aliphatic rings. The van der Waals surface area contributed by atoms with Crippen LogP contribution in [0.5, 0.6) is 0 Å². The van der Waals surface area contributed by atoms with Gasteiger partial charge in [0.25, 0.3) is 0 Å². The number of aryl methyl sites for hydroxylation is 2. The highest BCUT2D eigenvalue weighted by Crippen LogP contribution is 2.28. The number of rotatable bonds is 6. The van der Waals surface area contributed by atoms with Gasteiger partial charge in [0.1, 0.15) is 6.61 Å².